The van der Waals surface area contributed by atoms with E-state index in [1.54, 1.807) is 17.6 Å². The summed E-state index contributed by atoms with van der Waals surface area (Å²) in [5, 5.41) is 5.24. The molecule has 0 aliphatic heterocycles. The number of aromatic nitrogens is 1. The molecular weight excluding hydrogens is 450 g/mol. The van der Waals surface area contributed by atoms with E-state index in [1.165, 1.54) is 12.1 Å². The van der Waals surface area contributed by atoms with Crippen LogP contribution in [-0.2, 0) is 37.3 Å². The molecule has 0 aliphatic rings. The Morgan fingerprint density at radius 1 is 1.12 bits per heavy atom. The van der Waals surface area contributed by atoms with E-state index in [4.69, 9.17) is 9.88 Å². The van der Waals surface area contributed by atoms with E-state index < -0.39 is 16.0 Å². The highest BCUT2D eigenvalue weighted by atomic mass is 32.2. The van der Waals surface area contributed by atoms with E-state index in [0.717, 1.165) is 33.6 Å². The number of nitrogens with two attached hydrogens (primary N) is 1. The molecule has 3 aromatic rings. The van der Waals surface area contributed by atoms with Crippen LogP contribution in [0.4, 0.5) is 0 Å². The van der Waals surface area contributed by atoms with Gasteiger partial charge in [0.05, 0.1) is 28.1 Å². The molecule has 0 bridgehead atoms. The molecule has 0 saturated heterocycles. The highest BCUT2D eigenvalue weighted by Crippen LogP contribution is 2.22. The maximum absolute atomic E-state index is 12.8. The summed E-state index contributed by atoms with van der Waals surface area (Å²) in [6.45, 7) is 7.68. The first-order chi connectivity index (χ1) is 15.0. The number of aryl methyl sites for hydroxylation is 3. The number of nitrogens with zero attached hydrogens (tertiary/aromatic N) is 2. The molecule has 8 nitrogen and oxygen atoms in total. The summed E-state index contributed by atoms with van der Waals surface area (Å²) < 4.78 is 30.6. The van der Waals surface area contributed by atoms with Crippen molar-refractivity contribution in [2.24, 2.45) is 10.1 Å². The lowest BCUT2D eigenvalue weighted by Gasteiger charge is -2.09. The summed E-state index contributed by atoms with van der Waals surface area (Å²) in [6.07, 6.45) is 0.119. The Bertz CT molecular complexity index is 1360. The van der Waals surface area contributed by atoms with E-state index in [0.29, 0.717) is 10.2 Å². The highest BCUT2D eigenvalue weighted by molar-refractivity contribution is 7.89. The third-order valence-electron chi connectivity index (χ3n) is 4.96. The summed E-state index contributed by atoms with van der Waals surface area (Å²) in [5.74, 6) is -0.849. The Morgan fingerprint density at radius 2 is 1.78 bits per heavy atom. The molecule has 0 radical (unpaired) electrons. The lowest BCUT2D eigenvalue weighted by atomic mass is 9.97. The minimum absolute atomic E-state index is 0.0571. The zero-order chi connectivity index (χ0) is 23.6. The maximum Gasteiger partial charge on any atom is 0.326 e. The van der Waals surface area contributed by atoms with Crippen LogP contribution in [0.3, 0.4) is 0 Å². The fourth-order valence-corrected chi connectivity index (χ4v) is 5.29. The fraction of sp³-hybridized carbons (Fsp3) is 0.318. The monoisotopic (exact) mass is 475 g/mol. The Kier molecular flexibility index (Phi) is 6.97. The number of rotatable bonds is 6. The molecule has 2 N–H and O–H groups in total. The second-order valence-corrected chi connectivity index (χ2v) is 10.1. The number of primary sulfonamides is 1. The number of esters is 1. The summed E-state index contributed by atoms with van der Waals surface area (Å²) in [5.41, 5.74) is 4.62. The minimum Gasteiger partial charge on any atom is -0.465 e. The van der Waals surface area contributed by atoms with Crippen LogP contribution in [-0.4, -0.2) is 31.5 Å². The molecule has 10 heteroatoms. The van der Waals surface area contributed by atoms with Crippen LogP contribution < -0.4 is 9.94 Å². The van der Waals surface area contributed by atoms with Crippen LogP contribution in [0.2, 0.25) is 0 Å². The third kappa shape index (κ3) is 5.32. The van der Waals surface area contributed by atoms with E-state index in [9.17, 15) is 18.0 Å². The predicted molar refractivity (Wildman–Crippen MR) is 123 cm³/mol. The van der Waals surface area contributed by atoms with Gasteiger partial charge >= 0.3 is 5.97 Å². The Hall–Kier alpha value is -2.82. The first kappa shape index (κ1) is 23.8. The zero-order valence-electron chi connectivity index (χ0n) is 18.3. The molecule has 1 aromatic heterocycles. The molecule has 0 saturated carbocycles. The van der Waals surface area contributed by atoms with Crippen molar-refractivity contribution in [2.45, 2.75) is 45.6 Å². The van der Waals surface area contributed by atoms with Crippen molar-refractivity contribution < 1.29 is 22.7 Å². The first-order valence-electron chi connectivity index (χ1n) is 9.95. The highest BCUT2D eigenvalue weighted by Gasteiger charge is 2.16. The van der Waals surface area contributed by atoms with Crippen LogP contribution in [0.25, 0.3) is 10.2 Å². The second kappa shape index (κ2) is 9.35. The van der Waals surface area contributed by atoms with E-state index >= 15 is 0 Å². The number of thiazole rings is 1. The molecule has 32 heavy (non-hydrogen) atoms. The van der Waals surface area contributed by atoms with Gasteiger partial charge in [-0.2, -0.15) is 4.99 Å². The van der Waals surface area contributed by atoms with Crippen LogP contribution >= 0.6 is 11.3 Å². The average molecular weight is 476 g/mol. The SMILES string of the molecule is CCOC(=O)Cn1c(=NC(=O)Cc2c(C)cc(C)cc2C)sc2cc(S(N)(=O)=O)ccc21. The number of ether oxygens (including phenoxy) is 1. The Labute approximate surface area is 190 Å². The van der Waals surface area contributed by atoms with Crippen LogP contribution in [0, 0.1) is 20.8 Å². The number of benzene rings is 2. The van der Waals surface area contributed by atoms with Gasteiger partial charge < -0.3 is 9.30 Å². The van der Waals surface area contributed by atoms with Crippen molar-refractivity contribution in [3.05, 3.63) is 57.4 Å². The average Bonchev–Trinajstić information content (AvgIpc) is 3.00. The lowest BCUT2D eigenvalue weighted by molar-refractivity contribution is -0.143. The Morgan fingerprint density at radius 3 is 2.38 bits per heavy atom. The van der Waals surface area contributed by atoms with Gasteiger partial charge in [0.25, 0.3) is 5.91 Å². The second-order valence-electron chi connectivity index (χ2n) is 7.51. The van der Waals surface area contributed by atoms with E-state index in [1.807, 2.05) is 32.9 Å². The van der Waals surface area contributed by atoms with Crippen LogP contribution in [0.1, 0.15) is 29.2 Å². The lowest BCUT2D eigenvalue weighted by Crippen LogP contribution is -2.23. The van der Waals surface area contributed by atoms with Gasteiger partial charge in [0.1, 0.15) is 6.54 Å². The van der Waals surface area contributed by atoms with Crippen molar-refractivity contribution in [3.63, 3.8) is 0 Å². The summed E-state index contributed by atoms with van der Waals surface area (Å²) >= 11 is 1.11. The van der Waals surface area contributed by atoms with Gasteiger partial charge in [0.2, 0.25) is 10.0 Å². The van der Waals surface area contributed by atoms with Gasteiger partial charge in [-0.25, -0.2) is 13.6 Å². The van der Waals surface area contributed by atoms with Crippen LogP contribution in [0.15, 0.2) is 40.2 Å². The largest absolute Gasteiger partial charge is 0.465 e. The van der Waals surface area contributed by atoms with Crippen molar-refractivity contribution in [1.29, 1.82) is 0 Å². The van der Waals surface area contributed by atoms with Gasteiger partial charge in [-0.15, -0.1) is 0 Å². The molecule has 0 atom stereocenters. The van der Waals surface area contributed by atoms with E-state index in [2.05, 4.69) is 4.99 Å². The number of hydrogen-bond acceptors (Lipinski definition) is 6. The smallest absolute Gasteiger partial charge is 0.326 e. The quantitative estimate of drug-likeness (QED) is 0.549. The van der Waals surface area contributed by atoms with Crippen LogP contribution in [0.5, 0.6) is 0 Å². The number of fused-ring (bicyclic) bond motifs is 1. The molecule has 0 unspecified atom stereocenters. The number of amides is 1. The van der Waals surface area contributed by atoms with E-state index in [-0.39, 0.29) is 35.2 Å². The first-order valence-corrected chi connectivity index (χ1v) is 12.3. The molecular formula is C22H25N3O5S2. The zero-order valence-corrected chi connectivity index (χ0v) is 20.0. The maximum atomic E-state index is 12.8. The summed E-state index contributed by atoms with van der Waals surface area (Å²) in [7, 11) is -3.90. The van der Waals surface area contributed by atoms with Gasteiger partial charge in [0, 0.05) is 0 Å². The standard InChI is InChI=1S/C22H25N3O5S2/c1-5-30-21(27)12-25-18-7-6-16(32(23,28)29)10-19(18)31-22(25)24-20(26)11-17-14(3)8-13(2)9-15(17)4/h6-10H,5,11-12H2,1-4H3,(H2,23,28,29). The molecule has 3 rings (SSSR count). The molecule has 2 aromatic carbocycles. The molecule has 0 spiro atoms. The molecule has 1 amide bonds. The number of carbonyl (C=O) groups is 2. The molecule has 0 fully saturated rings. The van der Waals surface area contributed by atoms with Gasteiger partial charge in [-0.05, 0) is 62.6 Å². The normalized spacial score (nSPS) is 12.3. The van der Waals surface area contributed by atoms with Gasteiger partial charge in [0.15, 0.2) is 4.80 Å². The van der Waals surface area contributed by atoms with Crippen molar-refractivity contribution in [2.75, 3.05) is 6.61 Å². The summed E-state index contributed by atoms with van der Waals surface area (Å²) in [4.78, 5) is 29.5. The third-order valence-corrected chi connectivity index (χ3v) is 6.92. The molecule has 1 heterocycles. The van der Waals surface area contributed by atoms with Crippen molar-refractivity contribution in [1.82, 2.24) is 4.57 Å². The van der Waals surface area contributed by atoms with Gasteiger partial charge in [-0.3, -0.25) is 9.59 Å². The summed E-state index contributed by atoms with van der Waals surface area (Å²) in [6, 6.07) is 8.35. The Balaban J connectivity index is 2.09. The topological polar surface area (TPSA) is 121 Å². The predicted octanol–water partition coefficient (Wildman–Crippen LogP) is 2.51. The number of hydrogen-bond donors (Lipinski definition) is 1. The number of sulfonamides is 1. The minimum atomic E-state index is -3.90. The molecule has 170 valence electrons. The van der Waals surface area contributed by atoms with Crippen molar-refractivity contribution in [3.8, 4) is 0 Å². The molecule has 0 aliphatic carbocycles. The number of carbonyl (C=O) groups excluding carboxylic acids is 2. The van der Waals surface area contributed by atoms with Gasteiger partial charge in [-0.1, -0.05) is 29.0 Å². The fourth-order valence-electron chi connectivity index (χ4n) is 3.59. The van der Waals surface area contributed by atoms with Crippen molar-refractivity contribution >= 4 is 43.5 Å².